The lowest BCUT2D eigenvalue weighted by Gasteiger charge is -2.24. The summed E-state index contributed by atoms with van der Waals surface area (Å²) in [6, 6.07) is 0. The average molecular weight is 306 g/mol. The van der Waals surface area contributed by atoms with Gasteiger partial charge in [-0.2, -0.15) is 0 Å². The highest BCUT2D eigenvalue weighted by atomic mass is 16.6. The van der Waals surface area contributed by atoms with Gasteiger partial charge in [-0.3, -0.25) is 9.59 Å². The summed E-state index contributed by atoms with van der Waals surface area (Å²) in [5, 5.41) is 0. The van der Waals surface area contributed by atoms with Crippen LogP contribution in [0.1, 0.15) is 40.0 Å². The van der Waals surface area contributed by atoms with Gasteiger partial charge in [-0.25, -0.2) is 0 Å². The van der Waals surface area contributed by atoms with Gasteiger partial charge >= 0.3 is 11.9 Å². The second-order valence-electron chi connectivity index (χ2n) is 5.61. The Hall–Kier alpha value is -1.84. The van der Waals surface area contributed by atoms with E-state index in [2.05, 4.69) is 13.2 Å². The molecule has 0 aliphatic heterocycles. The first kappa shape index (κ1) is 18.2. The molecule has 1 fully saturated rings. The first-order chi connectivity index (χ1) is 10.4. The molecule has 0 spiro atoms. The normalized spacial score (nSPS) is 21.4. The summed E-state index contributed by atoms with van der Waals surface area (Å²) in [5.41, 5.74) is 0.724. The van der Waals surface area contributed by atoms with Crippen LogP contribution in [0.15, 0.2) is 36.5 Å². The summed E-state index contributed by atoms with van der Waals surface area (Å²) in [7, 11) is 0. The minimum Gasteiger partial charge on any atom is -0.465 e. The molecular weight excluding hydrogens is 280 g/mol. The molecule has 1 rings (SSSR count). The molecular formula is C18H26O4. The van der Waals surface area contributed by atoms with E-state index in [0.717, 1.165) is 11.1 Å². The molecule has 1 unspecified atom stereocenters. The van der Waals surface area contributed by atoms with Crippen molar-refractivity contribution in [3.05, 3.63) is 36.5 Å². The van der Waals surface area contributed by atoms with Crippen molar-refractivity contribution in [3.8, 4) is 0 Å². The summed E-state index contributed by atoms with van der Waals surface area (Å²) in [5.74, 6) is -1.00. The van der Waals surface area contributed by atoms with Crippen LogP contribution in [0.4, 0.5) is 0 Å². The minimum absolute atomic E-state index is 0.00578. The lowest BCUT2D eigenvalue weighted by molar-refractivity contribution is -0.171. The first-order valence-corrected chi connectivity index (χ1v) is 7.72. The van der Waals surface area contributed by atoms with Gasteiger partial charge in [-0.1, -0.05) is 29.9 Å². The number of hydrogen-bond donors (Lipinski definition) is 0. The largest absolute Gasteiger partial charge is 0.465 e. The minimum atomic E-state index is -1.25. The highest BCUT2D eigenvalue weighted by molar-refractivity contribution is 6.01. The van der Waals surface area contributed by atoms with Crippen molar-refractivity contribution >= 4 is 11.9 Å². The smallest absolute Gasteiger partial charge is 0.323 e. The van der Waals surface area contributed by atoms with Crippen molar-refractivity contribution < 1.29 is 19.1 Å². The van der Waals surface area contributed by atoms with Crippen LogP contribution in [0.25, 0.3) is 0 Å². The number of hydrogen-bond acceptors (Lipinski definition) is 4. The number of ether oxygens (including phenoxy) is 2. The summed E-state index contributed by atoms with van der Waals surface area (Å²) in [6.07, 6.45) is 5.20. The Bertz CT molecular complexity index is 469. The van der Waals surface area contributed by atoms with Crippen molar-refractivity contribution in [1.29, 1.82) is 0 Å². The molecule has 0 amide bonds. The van der Waals surface area contributed by atoms with Gasteiger partial charge in [0.25, 0.3) is 0 Å². The van der Waals surface area contributed by atoms with Gasteiger partial charge in [0.15, 0.2) is 5.41 Å². The monoisotopic (exact) mass is 306 g/mol. The maximum Gasteiger partial charge on any atom is 0.323 e. The van der Waals surface area contributed by atoms with E-state index < -0.39 is 17.4 Å². The zero-order valence-corrected chi connectivity index (χ0v) is 13.8. The van der Waals surface area contributed by atoms with Crippen LogP contribution in [-0.4, -0.2) is 25.2 Å². The molecule has 4 nitrogen and oxygen atoms in total. The Balaban J connectivity index is 3.22. The van der Waals surface area contributed by atoms with E-state index in [0.29, 0.717) is 19.3 Å². The Morgan fingerprint density at radius 2 is 1.82 bits per heavy atom. The number of carbonyl (C=O) groups is 2. The second-order valence-corrected chi connectivity index (χ2v) is 5.61. The second kappa shape index (κ2) is 7.97. The van der Waals surface area contributed by atoms with E-state index in [1.165, 1.54) is 0 Å². The van der Waals surface area contributed by atoms with Crippen LogP contribution in [0, 0.1) is 11.3 Å². The fourth-order valence-electron chi connectivity index (χ4n) is 2.90. The predicted molar refractivity (Wildman–Crippen MR) is 86.1 cm³/mol. The number of allylic oxidation sites excluding steroid dienone is 4. The quantitative estimate of drug-likeness (QED) is 0.410. The third kappa shape index (κ3) is 3.67. The molecule has 1 aliphatic carbocycles. The van der Waals surface area contributed by atoms with Crippen LogP contribution in [0.3, 0.4) is 0 Å². The molecule has 122 valence electrons. The molecule has 1 saturated carbocycles. The molecule has 0 radical (unpaired) electrons. The van der Waals surface area contributed by atoms with Crippen LogP contribution in [0.2, 0.25) is 0 Å². The Labute approximate surface area is 132 Å². The zero-order chi connectivity index (χ0) is 16.8. The van der Waals surface area contributed by atoms with Crippen molar-refractivity contribution in [2.24, 2.45) is 11.3 Å². The molecule has 0 aromatic rings. The Morgan fingerprint density at radius 3 is 2.23 bits per heavy atom. The molecule has 1 aliphatic rings. The molecule has 0 aromatic heterocycles. The molecule has 1 atom stereocenters. The van der Waals surface area contributed by atoms with Gasteiger partial charge < -0.3 is 9.47 Å². The van der Waals surface area contributed by atoms with E-state index >= 15 is 0 Å². The topological polar surface area (TPSA) is 52.6 Å². The third-order valence-corrected chi connectivity index (χ3v) is 3.98. The van der Waals surface area contributed by atoms with Crippen molar-refractivity contribution in [2.45, 2.75) is 40.0 Å². The first-order valence-electron chi connectivity index (χ1n) is 7.72. The summed E-state index contributed by atoms with van der Waals surface area (Å²) < 4.78 is 10.3. The zero-order valence-electron chi connectivity index (χ0n) is 13.8. The highest BCUT2D eigenvalue weighted by Crippen LogP contribution is 2.49. The fraction of sp³-hybridized carbons (Fsp3) is 0.556. The average Bonchev–Trinajstić information content (AvgIpc) is 2.87. The van der Waals surface area contributed by atoms with Crippen LogP contribution < -0.4 is 0 Å². The lowest BCUT2D eigenvalue weighted by atomic mass is 9.84. The van der Waals surface area contributed by atoms with E-state index in [4.69, 9.17) is 9.47 Å². The molecule has 0 aromatic carbocycles. The molecule has 0 bridgehead atoms. The maximum atomic E-state index is 12.5. The number of carbonyl (C=O) groups excluding carboxylic acids is 2. The third-order valence-electron chi connectivity index (χ3n) is 3.98. The van der Waals surface area contributed by atoms with E-state index in [-0.39, 0.29) is 19.1 Å². The van der Waals surface area contributed by atoms with Crippen LogP contribution in [0.5, 0.6) is 0 Å². The van der Waals surface area contributed by atoms with E-state index in [1.54, 1.807) is 19.9 Å². The van der Waals surface area contributed by atoms with Crippen molar-refractivity contribution in [1.82, 2.24) is 0 Å². The summed E-state index contributed by atoms with van der Waals surface area (Å²) >= 11 is 0. The predicted octanol–water partition coefficient (Wildman–Crippen LogP) is 3.59. The van der Waals surface area contributed by atoms with Gasteiger partial charge in [0, 0.05) is 5.92 Å². The Morgan fingerprint density at radius 1 is 1.27 bits per heavy atom. The van der Waals surface area contributed by atoms with E-state index in [9.17, 15) is 9.59 Å². The summed E-state index contributed by atoms with van der Waals surface area (Å²) in [6.45, 7) is 13.6. The number of rotatable bonds is 7. The maximum absolute atomic E-state index is 12.5. The molecule has 4 heteroatoms. The summed E-state index contributed by atoms with van der Waals surface area (Å²) in [4.78, 5) is 24.9. The Kier molecular flexibility index (Phi) is 6.60. The van der Waals surface area contributed by atoms with Gasteiger partial charge in [-0.15, -0.1) is 6.58 Å². The van der Waals surface area contributed by atoms with Crippen molar-refractivity contribution in [3.63, 3.8) is 0 Å². The van der Waals surface area contributed by atoms with Gasteiger partial charge in [0.05, 0.1) is 13.2 Å². The molecule has 22 heavy (non-hydrogen) atoms. The SMILES string of the molecule is C=CC/C=C1/CC(C(=O)OCC)(C(=O)OCC)CC1C(=C)C. The number of esters is 2. The lowest BCUT2D eigenvalue weighted by Crippen LogP contribution is -2.40. The van der Waals surface area contributed by atoms with Crippen molar-refractivity contribution in [2.75, 3.05) is 13.2 Å². The fourth-order valence-corrected chi connectivity index (χ4v) is 2.90. The van der Waals surface area contributed by atoms with Crippen LogP contribution in [-0.2, 0) is 19.1 Å². The van der Waals surface area contributed by atoms with Gasteiger partial charge in [-0.05, 0) is 40.0 Å². The van der Waals surface area contributed by atoms with Gasteiger partial charge in [0.2, 0.25) is 0 Å². The molecule has 0 heterocycles. The highest BCUT2D eigenvalue weighted by Gasteiger charge is 2.55. The van der Waals surface area contributed by atoms with Gasteiger partial charge in [0.1, 0.15) is 0 Å². The standard InChI is InChI=1S/C18H26O4/c1-6-9-10-14-11-18(16(19)21-7-2,17(20)22-8-3)12-15(14)13(4)5/h6,10,15H,1,4,7-9,11-12H2,2-3,5H3/b14-10-. The molecule has 0 saturated heterocycles. The van der Waals surface area contributed by atoms with Crippen LogP contribution >= 0.6 is 0 Å². The molecule has 0 N–H and O–H groups in total. The van der Waals surface area contributed by atoms with E-state index in [1.807, 2.05) is 13.0 Å².